The molecule has 0 saturated carbocycles. The molecule has 7 heteroatoms. The third-order valence-electron chi connectivity index (χ3n) is 2.38. The lowest BCUT2D eigenvalue weighted by molar-refractivity contribution is -0.117. The third-order valence-corrected chi connectivity index (χ3v) is 2.38. The van der Waals surface area contributed by atoms with Gasteiger partial charge in [-0.1, -0.05) is 0 Å². The van der Waals surface area contributed by atoms with Crippen molar-refractivity contribution >= 4 is 11.7 Å². The monoisotopic (exact) mass is 238 g/mol. The van der Waals surface area contributed by atoms with E-state index in [0.717, 1.165) is 6.54 Å². The predicted molar refractivity (Wildman–Crippen MR) is 60.7 cm³/mol. The number of carbonyl (C=O) groups is 1. The SMILES string of the molecule is O=C(CC1COCCN1)Nc1ccc(=O)[nH]n1. The van der Waals surface area contributed by atoms with Crippen molar-refractivity contribution in [1.82, 2.24) is 15.5 Å². The number of aromatic nitrogens is 2. The minimum absolute atomic E-state index is 0.0338. The van der Waals surface area contributed by atoms with E-state index in [1.54, 1.807) is 0 Å². The summed E-state index contributed by atoms with van der Waals surface area (Å²) in [7, 11) is 0. The van der Waals surface area contributed by atoms with Crippen LogP contribution >= 0.6 is 0 Å². The number of amides is 1. The summed E-state index contributed by atoms with van der Waals surface area (Å²) in [6.07, 6.45) is 0.320. The van der Waals surface area contributed by atoms with Crippen LogP contribution in [-0.4, -0.2) is 41.9 Å². The maximum Gasteiger partial charge on any atom is 0.264 e. The molecule has 1 saturated heterocycles. The van der Waals surface area contributed by atoms with Gasteiger partial charge in [0.2, 0.25) is 5.91 Å². The zero-order chi connectivity index (χ0) is 12.1. The van der Waals surface area contributed by atoms with Gasteiger partial charge in [-0.25, -0.2) is 5.10 Å². The van der Waals surface area contributed by atoms with E-state index in [9.17, 15) is 9.59 Å². The molecule has 1 aliphatic rings. The molecule has 1 aromatic rings. The lowest BCUT2D eigenvalue weighted by Gasteiger charge is -2.23. The van der Waals surface area contributed by atoms with Gasteiger partial charge in [0, 0.05) is 25.1 Å². The number of ether oxygens (including phenoxy) is 1. The number of aromatic amines is 1. The maximum atomic E-state index is 11.6. The Kier molecular flexibility index (Phi) is 3.84. The van der Waals surface area contributed by atoms with Gasteiger partial charge in [-0.3, -0.25) is 9.59 Å². The van der Waals surface area contributed by atoms with Gasteiger partial charge in [-0.05, 0) is 6.07 Å². The van der Waals surface area contributed by atoms with Crippen LogP contribution in [0.2, 0.25) is 0 Å². The van der Waals surface area contributed by atoms with E-state index in [1.807, 2.05) is 0 Å². The number of hydrogen-bond donors (Lipinski definition) is 3. The van der Waals surface area contributed by atoms with Crippen molar-refractivity contribution in [3.05, 3.63) is 22.5 Å². The molecule has 0 aliphatic carbocycles. The van der Waals surface area contributed by atoms with Crippen LogP contribution in [0.4, 0.5) is 5.82 Å². The van der Waals surface area contributed by atoms with Crippen LogP contribution in [-0.2, 0) is 9.53 Å². The highest BCUT2D eigenvalue weighted by atomic mass is 16.5. The normalized spacial score (nSPS) is 19.9. The fourth-order valence-corrected chi connectivity index (χ4v) is 1.58. The molecule has 0 bridgehead atoms. The van der Waals surface area contributed by atoms with E-state index in [0.29, 0.717) is 25.5 Å². The van der Waals surface area contributed by atoms with E-state index in [4.69, 9.17) is 4.74 Å². The molecule has 1 atom stereocenters. The Balaban J connectivity index is 1.84. The highest BCUT2D eigenvalue weighted by Gasteiger charge is 2.16. The van der Waals surface area contributed by atoms with Gasteiger partial charge in [0.1, 0.15) is 0 Å². The minimum atomic E-state index is -0.301. The lowest BCUT2D eigenvalue weighted by Crippen LogP contribution is -2.43. The molecule has 1 unspecified atom stereocenters. The number of morpholine rings is 1. The molecule has 0 aromatic carbocycles. The van der Waals surface area contributed by atoms with E-state index in [-0.39, 0.29) is 17.5 Å². The summed E-state index contributed by atoms with van der Waals surface area (Å²) in [6, 6.07) is 2.80. The first-order valence-electron chi connectivity index (χ1n) is 5.41. The zero-order valence-corrected chi connectivity index (χ0v) is 9.23. The molecular weight excluding hydrogens is 224 g/mol. The first-order chi connectivity index (χ1) is 8.24. The highest BCUT2D eigenvalue weighted by Crippen LogP contribution is 2.02. The Morgan fingerprint density at radius 3 is 3.12 bits per heavy atom. The second kappa shape index (κ2) is 5.55. The van der Waals surface area contributed by atoms with Crippen LogP contribution in [0.15, 0.2) is 16.9 Å². The average Bonchev–Trinajstić information content (AvgIpc) is 2.33. The second-order valence-electron chi connectivity index (χ2n) is 3.78. The van der Waals surface area contributed by atoms with E-state index >= 15 is 0 Å². The van der Waals surface area contributed by atoms with E-state index < -0.39 is 0 Å². The summed E-state index contributed by atoms with van der Waals surface area (Å²) < 4.78 is 5.24. The number of nitrogens with zero attached hydrogens (tertiary/aromatic N) is 1. The summed E-state index contributed by atoms with van der Waals surface area (Å²) in [5.41, 5.74) is -0.301. The highest BCUT2D eigenvalue weighted by molar-refractivity contribution is 5.90. The van der Waals surface area contributed by atoms with Gasteiger partial charge in [0.25, 0.3) is 5.56 Å². The van der Waals surface area contributed by atoms with E-state index in [1.165, 1.54) is 12.1 Å². The van der Waals surface area contributed by atoms with Crippen molar-refractivity contribution in [2.75, 3.05) is 25.1 Å². The summed E-state index contributed by atoms with van der Waals surface area (Å²) in [6.45, 7) is 1.97. The van der Waals surface area contributed by atoms with E-state index in [2.05, 4.69) is 20.8 Å². The van der Waals surface area contributed by atoms with Crippen molar-refractivity contribution < 1.29 is 9.53 Å². The Labute approximate surface area is 97.6 Å². The number of rotatable bonds is 3. The smallest absolute Gasteiger partial charge is 0.264 e. The van der Waals surface area contributed by atoms with Gasteiger partial charge < -0.3 is 15.4 Å². The van der Waals surface area contributed by atoms with Gasteiger partial charge in [0.05, 0.1) is 13.2 Å². The van der Waals surface area contributed by atoms with Crippen LogP contribution in [0.1, 0.15) is 6.42 Å². The minimum Gasteiger partial charge on any atom is -0.378 e. The fourth-order valence-electron chi connectivity index (χ4n) is 1.58. The Hall–Kier alpha value is -1.73. The number of anilines is 1. The predicted octanol–water partition coefficient (Wildman–Crippen LogP) is -0.913. The molecule has 1 aliphatic heterocycles. The summed E-state index contributed by atoms with van der Waals surface area (Å²) in [4.78, 5) is 22.4. The van der Waals surface area contributed by atoms with Crippen molar-refractivity contribution in [3.8, 4) is 0 Å². The molecule has 1 amide bonds. The molecule has 7 nitrogen and oxygen atoms in total. The summed E-state index contributed by atoms with van der Waals surface area (Å²) in [5, 5.41) is 11.7. The molecule has 2 rings (SSSR count). The van der Waals surface area contributed by atoms with Crippen molar-refractivity contribution in [1.29, 1.82) is 0 Å². The molecular formula is C10H14N4O3. The van der Waals surface area contributed by atoms with Crippen LogP contribution < -0.4 is 16.2 Å². The van der Waals surface area contributed by atoms with Crippen LogP contribution in [0.5, 0.6) is 0 Å². The quantitative estimate of drug-likeness (QED) is 0.633. The molecule has 1 fully saturated rings. The van der Waals surface area contributed by atoms with Crippen LogP contribution in [0, 0.1) is 0 Å². The second-order valence-corrected chi connectivity index (χ2v) is 3.78. The Bertz CT molecular complexity index is 419. The first-order valence-corrected chi connectivity index (χ1v) is 5.41. The van der Waals surface area contributed by atoms with Crippen LogP contribution in [0.3, 0.4) is 0 Å². The largest absolute Gasteiger partial charge is 0.378 e. The van der Waals surface area contributed by atoms with Crippen molar-refractivity contribution in [2.24, 2.45) is 0 Å². The van der Waals surface area contributed by atoms with Gasteiger partial charge in [-0.2, -0.15) is 5.10 Å². The van der Waals surface area contributed by atoms with Gasteiger partial charge in [-0.15, -0.1) is 0 Å². The molecule has 3 N–H and O–H groups in total. The Morgan fingerprint density at radius 1 is 1.59 bits per heavy atom. The molecule has 2 heterocycles. The molecule has 17 heavy (non-hydrogen) atoms. The molecule has 1 aromatic heterocycles. The third kappa shape index (κ3) is 3.65. The lowest BCUT2D eigenvalue weighted by atomic mass is 10.2. The zero-order valence-electron chi connectivity index (χ0n) is 9.23. The Morgan fingerprint density at radius 2 is 2.47 bits per heavy atom. The molecule has 92 valence electrons. The number of carbonyl (C=O) groups excluding carboxylic acids is 1. The maximum absolute atomic E-state index is 11.6. The number of hydrogen-bond acceptors (Lipinski definition) is 5. The first kappa shape index (κ1) is 11.7. The topological polar surface area (TPSA) is 96.1 Å². The van der Waals surface area contributed by atoms with Gasteiger partial charge >= 0.3 is 0 Å². The molecule has 0 radical (unpaired) electrons. The van der Waals surface area contributed by atoms with Crippen LogP contribution in [0.25, 0.3) is 0 Å². The number of nitrogens with one attached hydrogen (secondary N) is 3. The average molecular weight is 238 g/mol. The van der Waals surface area contributed by atoms with Crippen molar-refractivity contribution in [2.45, 2.75) is 12.5 Å². The summed E-state index contributed by atoms with van der Waals surface area (Å²) in [5.74, 6) is 0.180. The fraction of sp³-hybridized carbons (Fsp3) is 0.500. The standard InChI is InChI=1S/C10H14N4O3/c15-9-2-1-8(13-14-9)12-10(16)5-7-6-17-4-3-11-7/h1-2,7,11H,3-6H2,(H,14,15)(H,12,13,16). The van der Waals surface area contributed by atoms with Gasteiger partial charge in [0.15, 0.2) is 5.82 Å². The molecule has 0 spiro atoms. The van der Waals surface area contributed by atoms with Crippen molar-refractivity contribution in [3.63, 3.8) is 0 Å². The number of H-pyrrole nitrogens is 1. The summed E-state index contributed by atoms with van der Waals surface area (Å²) >= 11 is 0.